The van der Waals surface area contributed by atoms with Gasteiger partial charge < -0.3 is 0 Å². The first-order chi connectivity index (χ1) is 6.68. The largest absolute Gasteiger partial charge is 0.283 e. The van der Waals surface area contributed by atoms with E-state index in [1.54, 1.807) is 24.3 Å². The van der Waals surface area contributed by atoms with Crippen LogP contribution in [-0.4, -0.2) is 9.97 Å². The van der Waals surface area contributed by atoms with Crippen LogP contribution in [0.25, 0.3) is 11.0 Å². The molecule has 0 N–H and O–H groups in total. The highest BCUT2D eigenvalue weighted by Gasteiger charge is 2.15. The van der Waals surface area contributed by atoms with E-state index < -0.39 is 12.1 Å². The van der Waals surface area contributed by atoms with E-state index in [-0.39, 0.29) is 5.15 Å². The molecule has 0 aliphatic heterocycles. The van der Waals surface area contributed by atoms with Gasteiger partial charge in [-0.3, -0.25) is 0 Å². The quantitative estimate of drug-likeness (QED) is 0.729. The van der Waals surface area contributed by atoms with Crippen LogP contribution in [0.5, 0.6) is 0 Å². The fourth-order valence-corrected chi connectivity index (χ4v) is 1.35. The molecule has 0 aliphatic rings. The molecule has 5 heteroatoms. The number of halogens is 3. The summed E-state index contributed by atoms with van der Waals surface area (Å²) in [5.41, 5.74) is 0.472. The summed E-state index contributed by atoms with van der Waals surface area (Å²) in [6.45, 7) is 0. The number of benzene rings is 1. The predicted molar refractivity (Wildman–Crippen MR) is 49.5 cm³/mol. The molecule has 14 heavy (non-hydrogen) atoms. The molecule has 2 rings (SSSR count). The summed E-state index contributed by atoms with van der Waals surface area (Å²) in [4.78, 5) is 7.55. The van der Waals surface area contributed by atoms with Crippen LogP contribution >= 0.6 is 11.6 Å². The van der Waals surface area contributed by atoms with Crippen LogP contribution in [0.4, 0.5) is 8.78 Å². The van der Waals surface area contributed by atoms with Crippen molar-refractivity contribution in [2.75, 3.05) is 0 Å². The molecule has 0 aliphatic carbocycles. The van der Waals surface area contributed by atoms with E-state index in [9.17, 15) is 8.78 Å². The van der Waals surface area contributed by atoms with E-state index in [1.807, 2.05) is 0 Å². The first-order valence-electron chi connectivity index (χ1n) is 3.89. The first-order valence-corrected chi connectivity index (χ1v) is 4.26. The number of nitrogens with zero attached hydrogens (tertiary/aromatic N) is 2. The summed E-state index contributed by atoms with van der Waals surface area (Å²) in [7, 11) is 0. The average molecular weight is 215 g/mol. The molecule has 2 aromatic rings. The predicted octanol–water partition coefficient (Wildman–Crippen LogP) is 3.22. The molecule has 2 nitrogen and oxygen atoms in total. The van der Waals surface area contributed by atoms with Gasteiger partial charge in [0.1, 0.15) is 5.69 Å². The summed E-state index contributed by atoms with van der Waals surface area (Å²) in [5, 5.41) is -0.237. The summed E-state index contributed by atoms with van der Waals surface area (Å²) in [6, 6.07) is 6.74. The van der Waals surface area contributed by atoms with Crippen LogP contribution in [0.3, 0.4) is 0 Å². The zero-order valence-corrected chi connectivity index (χ0v) is 7.67. The fraction of sp³-hybridized carbons (Fsp3) is 0.111. The lowest BCUT2D eigenvalue weighted by Gasteiger charge is -2.02. The molecule has 72 valence electrons. The van der Waals surface area contributed by atoms with Crippen LogP contribution in [0.1, 0.15) is 12.1 Å². The first kappa shape index (κ1) is 9.27. The number of aromatic nitrogens is 2. The third-order valence-electron chi connectivity index (χ3n) is 1.76. The van der Waals surface area contributed by atoms with Gasteiger partial charge in [0.2, 0.25) is 0 Å². The molecule has 0 spiro atoms. The minimum atomic E-state index is -2.69. The van der Waals surface area contributed by atoms with Crippen molar-refractivity contribution in [2.24, 2.45) is 0 Å². The molecular formula is C9H5ClF2N2. The Balaban J connectivity index is 2.71. The maximum atomic E-state index is 12.4. The highest BCUT2D eigenvalue weighted by Crippen LogP contribution is 2.25. The molecule has 0 atom stereocenters. The Hall–Kier alpha value is -1.29. The highest BCUT2D eigenvalue weighted by atomic mass is 35.5. The second-order valence-electron chi connectivity index (χ2n) is 2.69. The topological polar surface area (TPSA) is 25.8 Å². The minimum absolute atomic E-state index is 0.237. The molecule has 0 saturated heterocycles. The average Bonchev–Trinajstić information content (AvgIpc) is 2.16. The summed E-state index contributed by atoms with van der Waals surface area (Å²) in [5.74, 6) is 0. The second kappa shape index (κ2) is 3.46. The van der Waals surface area contributed by atoms with Gasteiger partial charge in [-0.15, -0.1) is 0 Å². The van der Waals surface area contributed by atoms with Crippen molar-refractivity contribution in [3.05, 3.63) is 35.1 Å². The lowest BCUT2D eigenvalue weighted by atomic mass is 10.3. The van der Waals surface area contributed by atoms with Crippen molar-refractivity contribution in [1.82, 2.24) is 9.97 Å². The SMILES string of the molecule is FC(F)c1nc2ccccc2nc1Cl. The molecular weight excluding hydrogens is 210 g/mol. The Morgan fingerprint density at radius 3 is 2.21 bits per heavy atom. The second-order valence-corrected chi connectivity index (χ2v) is 3.05. The van der Waals surface area contributed by atoms with Crippen molar-refractivity contribution in [1.29, 1.82) is 0 Å². The number of rotatable bonds is 1. The standard InChI is InChI=1S/C9H5ClF2N2/c10-8-7(9(11)12)13-5-3-1-2-4-6(5)14-8/h1-4,9H. The molecule has 0 fully saturated rings. The third-order valence-corrected chi connectivity index (χ3v) is 2.04. The van der Waals surface area contributed by atoms with Crippen LogP contribution < -0.4 is 0 Å². The smallest absolute Gasteiger partial charge is 0.242 e. The van der Waals surface area contributed by atoms with Gasteiger partial charge in [-0.05, 0) is 12.1 Å². The zero-order valence-electron chi connectivity index (χ0n) is 6.92. The normalized spacial score (nSPS) is 11.1. The Labute approximate surface area is 83.6 Å². The van der Waals surface area contributed by atoms with Crippen molar-refractivity contribution < 1.29 is 8.78 Å². The van der Waals surface area contributed by atoms with Crippen LogP contribution in [0, 0.1) is 0 Å². The van der Waals surface area contributed by atoms with Crippen molar-refractivity contribution >= 4 is 22.6 Å². The monoisotopic (exact) mass is 214 g/mol. The van der Waals surface area contributed by atoms with Gasteiger partial charge in [-0.2, -0.15) is 0 Å². The fourth-order valence-electron chi connectivity index (χ4n) is 1.13. The van der Waals surface area contributed by atoms with Gasteiger partial charge in [-0.1, -0.05) is 23.7 Å². The molecule has 0 bridgehead atoms. The van der Waals surface area contributed by atoms with Gasteiger partial charge in [-0.25, -0.2) is 18.7 Å². The Kier molecular flexibility index (Phi) is 2.29. The van der Waals surface area contributed by atoms with Crippen molar-refractivity contribution in [3.8, 4) is 0 Å². The van der Waals surface area contributed by atoms with Gasteiger partial charge >= 0.3 is 0 Å². The van der Waals surface area contributed by atoms with E-state index in [0.29, 0.717) is 11.0 Å². The van der Waals surface area contributed by atoms with E-state index >= 15 is 0 Å². The molecule has 0 radical (unpaired) electrons. The Bertz CT molecular complexity index is 473. The number of fused-ring (bicyclic) bond motifs is 1. The van der Waals surface area contributed by atoms with E-state index in [4.69, 9.17) is 11.6 Å². The van der Waals surface area contributed by atoms with E-state index in [2.05, 4.69) is 9.97 Å². The number of para-hydroxylation sites is 2. The van der Waals surface area contributed by atoms with Crippen molar-refractivity contribution in [3.63, 3.8) is 0 Å². The molecule has 1 aromatic carbocycles. The minimum Gasteiger partial charge on any atom is -0.242 e. The maximum Gasteiger partial charge on any atom is 0.283 e. The van der Waals surface area contributed by atoms with Gasteiger partial charge in [0, 0.05) is 0 Å². The molecule has 1 heterocycles. The molecule has 0 amide bonds. The van der Waals surface area contributed by atoms with Crippen LogP contribution in [-0.2, 0) is 0 Å². The van der Waals surface area contributed by atoms with E-state index in [1.165, 1.54) is 0 Å². The third kappa shape index (κ3) is 1.53. The maximum absolute atomic E-state index is 12.4. The Morgan fingerprint density at radius 2 is 1.64 bits per heavy atom. The summed E-state index contributed by atoms with van der Waals surface area (Å²) >= 11 is 5.54. The number of hydrogen-bond donors (Lipinski definition) is 0. The Morgan fingerprint density at radius 1 is 1.07 bits per heavy atom. The number of hydrogen-bond acceptors (Lipinski definition) is 2. The van der Waals surface area contributed by atoms with Crippen LogP contribution in [0.2, 0.25) is 5.15 Å². The lowest BCUT2D eigenvalue weighted by molar-refractivity contribution is 0.146. The van der Waals surface area contributed by atoms with Gasteiger partial charge in [0.25, 0.3) is 6.43 Å². The number of alkyl halides is 2. The highest BCUT2D eigenvalue weighted by molar-refractivity contribution is 6.30. The van der Waals surface area contributed by atoms with Gasteiger partial charge in [0.15, 0.2) is 5.15 Å². The van der Waals surface area contributed by atoms with E-state index in [0.717, 1.165) is 0 Å². The summed E-state index contributed by atoms with van der Waals surface area (Å²) in [6.07, 6.45) is -2.69. The van der Waals surface area contributed by atoms with Crippen molar-refractivity contribution in [2.45, 2.75) is 6.43 Å². The molecule has 1 aromatic heterocycles. The van der Waals surface area contributed by atoms with Crippen LogP contribution in [0.15, 0.2) is 24.3 Å². The zero-order chi connectivity index (χ0) is 10.1. The molecule has 0 saturated carbocycles. The lowest BCUT2D eigenvalue weighted by Crippen LogP contribution is -1.95. The summed E-state index contributed by atoms with van der Waals surface area (Å²) < 4.78 is 24.7. The van der Waals surface area contributed by atoms with Gasteiger partial charge in [0.05, 0.1) is 11.0 Å². The molecule has 0 unspecified atom stereocenters.